The lowest BCUT2D eigenvalue weighted by Gasteiger charge is -2.07. The third-order valence-corrected chi connectivity index (χ3v) is 4.85. The first kappa shape index (κ1) is 15.1. The SMILES string of the molecule is Cc1cc(S(=O)(=O)NOCC(C)C)sc1C(=O)O. The fourth-order valence-electron chi connectivity index (χ4n) is 1.12. The molecule has 0 aliphatic rings. The zero-order valence-electron chi connectivity index (χ0n) is 10.3. The maximum absolute atomic E-state index is 11.8. The largest absolute Gasteiger partial charge is 0.477 e. The molecule has 0 fully saturated rings. The summed E-state index contributed by atoms with van der Waals surface area (Å²) < 4.78 is 23.5. The third kappa shape index (κ3) is 3.77. The molecule has 0 aliphatic heterocycles. The second-order valence-corrected chi connectivity index (χ2v) is 7.10. The molecule has 2 N–H and O–H groups in total. The summed E-state index contributed by atoms with van der Waals surface area (Å²) in [5.41, 5.74) is 0.414. The van der Waals surface area contributed by atoms with Gasteiger partial charge in [0.2, 0.25) is 0 Å². The highest BCUT2D eigenvalue weighted by Gasteiger charge is 2.21. The summed E-state index contributed by atoms with van der Waals surface area (Å²) in [6.07, 6.45) is 0. The summed E-state index contributed by atoms with van der Waals surface area (Å²) in [5, 5.41) is 8.86. The van der Waals surface area contributed by atoms with E-state index in [2.05, 4.69) is 0 Å². The van der Waals surface area contributed by atoms with Crippen LogP contribution in [-0.2, 0) is 14.9 Å². The lowest BCUT2D eigenvalue weighted by molar-refractivity contribution is 0.0701. The van der Waals surface area contributed by atoms with Crippen LogP contribution in [0.1, 0.15) is 29.1 Å². The molecule has 0 bridgehead atoms. The number of carboxylic acids is 1. The van der Waals surface area contributed by atoms with Crippen molar-refractivity contribution in [1.82, 2.24) is 4.89 Å². The summed E-state index contributed by atoms with van der Waals surface area (Å²) in [7, 11) is -3.81. The van der Waals surface area contributed by atoms with Crippen molar-refractivity contribution in [2.24, 2.45) is 5.92 Å². The highest BCUT2D eigenvalue weighted by Crippen LogP contribution is 2.25. The topological polar surface area (TPSA) is 92.7 Å². The Kier molecular flexibility index (Phi) is 4.85. The monoisotopic (exact) mass is 293 g/mol. The van der Waals surface area contributed by atoms with E-state index in [9.17, 15) is 13.2 Å². The van der Waals surface area contributed by atoms with Crippen LogP contribution in [-0.4, -0.2) is 26.1 Å². The number of nitrogens with one attached hydrogen (secondary N) is 1. The average molecular weight is 293 g/mol. The smallest absolute Gasteiger partial charge is 0.346 e. The normalized spacial score (nSPS) is 12.0. The van der Waals surface area contributed by atoms with Gasteiger partial charge in [-0.25, -0.2) is 13.2 Å². The molecular weight excluding hydrogens is 278 g/mol. The van der Waals surface area contributed by atoms with Crippen molar-refractivity contribution >= 4 is 27.3 Å². The molecule has 0 spiro atoms. The van der Waals surface area contributed by atoms with Crippen LogP contribution in [0.3, 0.4) is 0 Å². The van der Waals surface area contributed by atoms with Gasteiger partial charge in [0, 0.05) is 0 Å². The summed E-state index contributed by atoms with van der Waals surface area (Å²) in [6, 6.07) is 1.31. The van der Waals surface area contributed by atoms with Crippen molar-refractivity contribution in [3.8, 4) is 0 Å². The Hall–Kier alpha value is -0.960. The molecule has 0 atom stereocenters. The van der Waals surface area contributed by atoms with Gasteiger partial charge in [-0.2, -0.15) is 0 Å². The van der Waals surface area contributed by atoms with Crippen molar-refractivity contribution in [1.29, 1.82) is 0 Å². The summed E-state index contributed by atoms with van der Waals surface area (Å²) in [4.78, 5) is 17.7. The van der Waals surface area contributed by atoms with E-state index in [0.717, 1.165) is 0 Å². The van der Waals surface area contributed by atoms with E-state index in [1.165, 1.54) is 6.07 Å². The van der Waals surface area contributed by atoms with Gasteiger partial charge in [0.25, 0.3) is 10.0 Å². The highest BCUT2D eigenvalue weighted by atomic mass is 32.2. The van der Waals surface area contributed by atoms with Crippen molar-refractivity contribution in [2.75, 3.05) is 6.61 Å². The molecular formula is C10H15NO5S2. The predicted molar refractivity (Wildman–Crippen MR) is 67.1 cm³/mol. The number of carboxylic acid groups (broad SMARTS) is 1. The number of sulfonamides is 1. The van der Waals surface area contributed by atoms with Crippen LogP contribution in [0.5, 0.6) is 0 Å². The summed E-state index contributed by atoms with van der Waals surface area (Å²) >= 11 is 0.703. The number of carbonyl (C=O) groups is 1. The predicted octanol–water partition coefficient (Wildman–Crippen LogP) is 1.62. The van der Waals surface area contributed by atoms with Crippen LogP contribution >= 0.6 is 11.3 Å². The van der Waals surface area contributed by atoms with Crippen molar-refractivity contribution < 1.29 is 23.2 Å². The molecule has 8 heteroatoms. The van der Waals surface area contributed by atoms with Gasteiger partial charge in [0.1, 0.15) is 9.09 Å². The molecule has 0 aromatic carbocycles. The van der Waals surface area contributed by atoms with Gasteiger partial charge < -0.3 is 5.11 Å². The van der Waals surface area contributed by atoms with Gasteiger partial charge >= 0.3 is 5.97 Å². The van der Waals surface area contributed by atoms with Crippen LogP contribution in [0.15, 0.2) is 10.3 Å². The lowest BCUT2D eigenvalue weighted by atomic mass is 10.2. The maximum atomic E-state index is 11.8. The Balaban J connectivity index is 2.85. The minimum Gasteiger partial charge on any atom is -0.477 e. The van der Waals surface area contributed by atoms with Crippen LogP contribution in [0, 0.1) is 12.8 Å². The van der Waals surface area contributed by atoms with Crippen molar-refractivity contribution in [3.63, 3.8) is 0 Å². The highest BCUT2D eigenvalue weighted by molar-refractivity contribution is 7.91. The van der Waals surface area contributed by atoms with Gasteiger partial charge in [0.05, 0.1) is 6.61 Å². The average Bonchev–Trinajstić information content (AvgIpc) is 2.60. The first-order valence-electron chi connectivity index (χ1n) is 5.21. The Bertz CT molecular complexity index is 532. The molecule has 0 saturated carbocycles. The van der Waals surface area contributed by atoms with Gasteiger partial charge in [0.15, 0.2) is 0 Å². The number of rotatable bonds is 6. The Morgan fingerprint density at radius 2 is 2.17 bits per heavy atom. The fraction of sp³-hybridized carbons (Fsp3) is 0.500. The number of hydrogen-bond acceptors (Lipinski definition) is 5. The second-order valence-electron chi connectivity index (χ2n) is 4.17. The molecule has 0 radical (unpaired) electrons. The molecule has 1 aromatic heterocycles. The molecule has 102 valence electrons. The first-order valence-corrected chi connectivity index (χ1v) is 7.51. The molecule has 1 aromatic rings. The zero-order chi connectivity index (χ0) is 13.9. The quantitative estimate of drug-likeness (QED) is 0.777. The number of hydrogen-bond donors (Lipinski definition) is 2. The van der Waals surface area contributed by atoms with E-state index < -0.39 is 16.0 Å². The minimum absolute atomic E-state index is 0.0132. The van der Waals surface area contributed by atoms with E-state index in [4.69, 9.17) is 9.94 Å². The molecule has 18 heavy (non-hydrogen) atoms. The van der Waals surface area contributed by atoms with Crippen molar-refractivity contribution in [2.45, 2.75) is 25.0 Å². The molecule has 0 unspecified atom stereocenters. The molecule has 0 saturated heterocycles. The van der Waals surface area contributed by atoms with Crippen molar-refractivity contribution in [3.05, 3.63) is 16.5 Å². The van der Waals surface area contributed by atoms with E-state index in [1.54, 1.807) is 6.92 Å². The van der Waals surface area contributed by atoms with E-state index in [1.807, 2.05) is 18.7 Å². The number of aromatic carboxylic acids is 1. The fourth-order valence-corrected chi connectivity index (χ4v) is 3.29. The lowest BCUT2D eigenvalue weighted by Crippen LogP contribution is -2.25. The Labute approximate surface area is 110 Å². The van der Waals surface area contributed by atoms with E-state index in [-0.39, 0.29) is 21.6 Å². The Morgan fingerprint density at radius 1 is 1.56 bits per heavy atom. The number of aryl methyl sites for hydroxylation is 1. The van der Waals surface area contributed by atoms with Gasteiger partial charge in [-0.15, -0.1) is 11.3 Å². The standard InChI is InChI=1S/C10H15NO5S2/c1-6(2)5-16-11-18(14,15)8-4-7(3)9(17-8)10(12)13/h4,6,11H,5H2,1-3H3,(H,12,13). The van der Waals surface area contributed by atoms with Crippen LogP contribution in [0.4, 0.5) is 0 Å². The Morgan fingerprint density at radius 3 is 2.61 bits per heavy atom. The summed E-state index contributed by atoms with van der Waals surface area (Å²) in [5.74, 6) is -0.950. The molecule has 1 heterocycles. The summed E-state index contributed by atoms with van der Waals surface area (Å²) in [6.45, 7) is 5.56. The number of thiophene rings is 1. The maximum Gasteiger partial charge on any atom is 0.346 e. The molecule has 0 amide bonds. The third-order valence-electron chi connectivity index (χ3n) is 1.94. The first-order chi connectivity index (χ1) is 8.24. The van der Waals surface area contributed by atoms with Crippen LogP contribution in [0.2, 0.25) is 0 Å². The van der Waals surface area contributed by atoms with Crippen LogP contribution in [0.25, 0.3) is 0 Å². The molecule has 6 nitrogen and oxygen atoms in total. The van der Waals surface area contributed by atoms with E-state index >= 15 is 0 Å². The minimum atomic E-state index is -3.81. The van der Waals surface area contributed by atoms with Gasteiger partial charge in [-0.3, -0.25) is 4.84 Å². The molecule has 1 rings (SSSR count). The second kappa shape index (κ2) is 5.79. The van der Waals surface area contributed by atoms with E-state index in [0.29, 0.717) is 16.9 Å². The van der Waals surface area contributed by atoms with Gasteiger partial charge in [-0.05, 0) is 24.5 Å². The van der Waals surface area contributed by atoms with Crippen LogP contribution < -0.4 is 4.89 Å². The van der Waals surface area contributed by atoms with Gasteiger partial charge in [-0.1, -0.05) is 18.7 Å². The zero-order valence-corrected chi connectivity index (χ0v) is 11.9. The molecule has 0 aliphatic carbocycles.